The number of aromatic nitrogens is 2. The molecule has 2 aliphatic rings. The van der Waals surface area contributed by atoms with Gasteiger partial charge in [0, 0.05) is 18.3 Å². The van der Waals surface area contributed by atoms with Crippen LogP contribution in [0.3, 0.4) is 0 Å². The molecule has 0 aliphatic heterocycles. The SMILES string of the molecule is Cc1cnc(C2CCC(OC3CCC(C)CC3)CC2)nc1. The average Bonchev–Trinajstić information content (AvgIpc) is 2.51. The molecule has 0 radical (unpaired) electrons. The third-order valence-electron chi connectivity index (χ3n) is 5.19. The molecule has 0 aromatic carbocycles. The summed E-state index contributed by atoms with van der Waals surface area (Å²) in [6.45, 7) is 4.41. The second-order valence-electron chi connectivity index (χ2n) is 7.11. The maximum Gasteiger partial charge on any atom is 0.131 e. The van der Waals surface area contributed by atoms with E-state index in [9.17, 15) is 0 Å². The van der Waals surface area contributed by atoms with Gasteiger partial charge in [-0.25, -0.2) is 9.97 Å². The lowest BCUT2D eigenvalue weighted by atomic mass is 9.85. The van der Waals surface area contributed by atoms with E-state index in [1.54, 1.807) is 0 Å². The van der Waals surface area contributed by atoms with Gasteiger partial charge in [-0.2, -0.15) is 0 Å². The van der Waals surface area contributed by atoms with Crippen LogP contribution in [0.4, 0.5) is 0 Å². The molecule has 0 N–H and O–H groups in total. The second kappa shape index (κ2) is 6.87. The Balaban J connectivity index is 1.45. The van der Waals surface area contributed by atoms with Gasteiger partial charge in [0.2, 0.25) is 0 Å². The van der Waals surface area contributed by atoms with Crippen molar-refractivity contribution in [1.29, 1.82) is 0 Å². The highest BCUT2D eigenvalue weighted by Gasteiger charge is 2.27. The lowest BCUT2D eigenvalue weighted by molar-refractivity contribution is -0.0522. The molecule has 1 aromatic rings. The minimum atomic E-state index is 0.477. The molecule has 1 heterocycles. The van der Waals surface area contributed by atoms with E-state index in [1.807, 2.05) is 19.3 Å². The van der Waals surface area contributed by atoms with Gasteiger partial charge in [0.25, 0.3) is 0 Å². The van der Waals surface area contributed by atoms with E-state index >= 15 is 0 Å². The fourth-order valence-electron chi connectivity index (χ4n) is 3.71. The molecule has 0 spiro atoms. The van der Waals surface area contributed by atoms with Gasteiger partial charge in [0.1, 0.15) is 5.82 Å². The number of nitrogens with zero attached hydrogens (tertiary/aromatic N) is 2. The topological polar surface area (TPSA) is 35.0 Å². The minimum Gasteiger partial charge on any atom is -0.375 e. The van der Waals surface area contributed by atoms with Crippen molar-refractivity contribution in [2.45, 2.75) is 83.3 Å². The van der Waals surface area contributed by atoms with E-state index < -0.39 is 0 Å². The zero-order valence-corrected chi connectivity index (χ0v) is 13.4. The summed E-state index contributed by atoms with van der Waals surface area (Å²) in [6, 6.07) is 0. The first kappa shape index (κ1) is 15.0. The molecule has 0 amide bonds. The summed E-state index contributed by atoms with van der Waals surface area (Å²) in [5.74, 6) is 2.47. The van der Waals surface area contributed by atoms with Crippen LogP contribution in [0.2, 0.25) is 0 Å². The van der Waals surface area contributed by atoms with Gasteiger partial charge < -0.3 is 4.74 Å². The smallest absolute Gasteiger partial charge is 0.131 e. The first-order chi connectivity index (χ1) is 10.2. The van der Waals surface area contributed by atoms with E-state index in [4.69, 9.17) is 4.74 Å². The summed E-state index contributed by atoms with van der Waals surface area (Å²) >= 11 is 0. The normalized spacial score (nSPS) is 33.8. The van der Waals surface area contributed by atoms with Crippen molar-refractivity contribution in [2.75, 3.05) is 0 Å². The Morgan fingerprint density at radius 1 is 0.857 bits per heavy atom. The zero-order chi connectivity index (χ0) is 14.7. The molecule has 21 heavy (non-hydrogen) atoms. The van der Waals surface area contributed by atoms with Crippen LogP contribution in [0.5, 0.6) is 0 Å². The molecular formula is C18H28N2O. The highest BCUT2D eigenvalue weighted by atomic mass is 16.5. The van der Waals surface area contributed by atoms with Gasteiger partial charge in [0.15, 0.2) is 0 Å². The van der Waals surface area contributed by atoms with Crippen LogP contribution in [0.25, 0.3) is 0 Å². The summed E-state index contributed by atoms with van der Waals surface area (Å²) in [6.07, 6.45) is 14.8. The molecule has 1 aromatic heterocycles. The van der Waals surface area contributed by atoms with Crippen molar-refractivity contribution >= 4 is 0 Å². The number of hydrogen-bond donors (Lipinski definition) is 0. The summed E-state index contributed by atoms with van der Waals surface area (Å²) in [5, 5.41) is 0. The van der Waals surface area contributed by atoms with Gasteiger partial charge >= 0.3 is 0 Å². The highest BCUT2D eigenvalue weighted by Crippen LogP contribution is 2.34. The zero-order valence-electron chi connectivity index (χ0n) is 13.4. The predicted molar refractivity (Wildman–Crippen MR) is 84.3 cm³/mol. The lowest BCUT2D eigenvalue weighted by Crippen LogP contribution is -2.29. The molecule has 2 fully saturated rings. The van der Waals surface area contributed by atoms with E-state index in [-0.39, 0.29) is 0 Å². The van der Waals surface area contributed by atoms with Gasteiger partial charge in [0.05, 0.1) is 12.2 Å². The standard InChI is InChI=1S/C18H28N2O/c1-13-3-7-16(8-4-13)21-17-9-5-15(6-10-17)18-19-11-14(2)12-20-18/h11-13,15-17H,3-10H2,1-2H3. The van der Waals surface area contributed by atoms with E-state index in [0.717, 1.165) is 17.3 Å². The Labute approximate surface area is 128 Å². The predicted octanol–water partition coefficient (Wildman–Crippen LogP) is 4.41. The Morgan fingerprint density at radius 3 is 1.95 bits per heavy atom. The monoisotopic (exact) mass is 288 g/mol. The molecule has 0 bridgehead atoms. The summed E-state index contributed by atoms with van der Waals surface area (Å²) in [7, 11) is 0. The van der Waals surface area contributed by atoms with Crippen LogP contribution in [-0.2, 0) is 4.74 Å². The van der Waals surface area contributed by atoms with Crippen molar-refractivity contribution in [3.63, 3.8) is 0 Å². The molecule has 116 valence electrons. The molecule has 3 heteroatoms. The quantitative estimate of drug-likeness (QED) is 0.826. The maximum absolute atomic E-state index is 6.34. The van der Waals surface area contributed by atoms with Crippen LogP contribution in [0, 0.1) is 12.8 Å². The Bertz CT molecular complexity index is 429. The van der Waals surface area contributed by atoms with E-state index in [0.29, 0.717) is 18.1 Å². The second-order valence-corrected chi connectivity index (χ2v) is 7.11. The van der Waals surface area contributed by atoms with Crippen LogP contribution in [-0.4, -0.2) is 22.2 Å². The molecule has 2 aliphatic carbocycles. The fourth-order valence-corrected chi connectivity index (χ4v) is 3.71. The Kier molecular flexibility index (Phi) is 4.89. The van der Waals surface area contributed by atoms with E-state index in [2.05, 4.69) is 16.9 Å². The Hall–Kier alpha value is -0.960. The van der Waals surface area contributed by atoms with Crippen molar-refractivity contribution in [3.8, 4) is 0 Å². The van der Waals surface area contributed by atoms with Gasteiger partial charge in [-0.15, -0.1) is 0 Å². The molecule has 3 rings (SSSR count). The number of rotatable bonds is 3. The van der Waals surface area contributed by atoms with Crippen molar-refractivity contribution in [1.82, 2.24) is 9.97 Å². The third kappa shape index (κ3) is 4.03. The van der Waals surface area contributed by atoms with Gasteiger partial charge in [-0.05, 0) is 69.8 Å². The van der Waals surface area contributed by atoms with Crippen LogP contribution < -0.4 is 0 Å². The molecular weight excluding hydrogens is 260 g/mol. The van der Waals surface area contributed by atoms with Crippen molar-refractivity contribution < 1.29 is 4.74 Å². The van der Waals surface area contributed by atoms with Crippen molar-refractivity contribution in [3.05, 3.63) is 23.8 Å². The molecule has 0 unspecified atom stereocenters. The van der Waals surface area contributed by atoms with Gasteiger partial charge in [-0.3, -0.25) is 0 Å². The average molecular weight is 288 g/mol. The number of hydrogen-bond acceptors (Lipinski definition) is 3. The number of ether oxygens (including phenoxy) is 1. The van der Waals surface area contributed by atoms with Crippen LogP contribution >= 0.6 is 0 Å². The summed E-state index contributed by atoms with van der Waals surface area (Å²) < 4.78 is 6.34. The Morgan fingerprint density at radius 2 is 1.38 bits per heavy atom. The van der Waals surface area contributed by atoms with Crippen LogP contribution in [0.1, 0.15) is 75.6 Å². The van der Waals surface area contributed by atoms with Gasteiger partial charge in [-0.1, -0.05) is 6.92 Å². The molecule has 3 nitrogen and oxygen atoms in total. The first-order valence-electron chi connectivity index (χ1n) is 8.64. The van der Waals surface area contributed by atoms with Crippen LogP contribution in [0.15, 0.2) is 12.4 Å². The molecule has 2 saturated carbocycles. The lowest BCUT2D eigenvalue weighted by Gasteiger charge is -2.33. The van der Waals surface area contributed by atoms with E-state index in [1.165, 1.54) is 51.4 Å². The molecule has 0 atom stereocenters. The maximum atomic E-state index is 6.34. The number of aryl methyl sites for hydroxylation is 1. The minimum absolute atomic E-state index is 0.477. The summed E-state index contributed by atoms with van der Waals surface area (Å²) in [4.78, 5) is 9.00. The third-order valence-corrected chi connectivity index (χ3v) is 5.19. The fraction of sp³-hybridized carbons (Fsp3) is 0.778. The summed E-state index contributed by atoms with van der Waals surface area (Å²) in [5.41, 5.74) is 1.14. The molecule has 0 saturated heterocycles. The van der Waals surface area contributed by atoms with Crippen molar-refractivity contribution in [2.24, 2.45) is 5.92 Å². The highest BCUT2D eigenvalue weighted by molar-refractivity contribution is 5.06. The largest absolute Gasteiger partial charge is 0.375 e. The first-order valence-corrected chi connectivity index (χ1v) is 8.64.